The molecule has 8 nitrogen and oxygen atoms in total. The minimum absolute atomic E-state index is 0.131. The molecule has 170 valence electrons. The van der Waals surface area contributed by atoms with E-state index in [-0.39, 0.29) is 21.7 Å². The smallest absolute Gasteiger partial charge is 0.233 e. The molecule has 1 N–H and O–H groups in total. The molecule has 0 bridgehead atoms. The largest absolute Gasteiger partial charge is 0.497 e. The van der Waals surface area contributed by atoms with Crippen molar-refractivity contribution >= 4 is 31.7 Å². The van der Waals surface area contributed by atoms with Gasteiger partial charge in [-0.2, -0.15) is 4.98 Å². The number of morpholine rings is 1. The Morgan fingerprint density at radius 1 is 1.09 bits per heavy atom. The van der Waals surface area contributed by atoms with Gasteiger partial charge >= 0.3 is 0 Å². The minimum Gasteiger partial charge on any atom is -0.497 e. The Bertz CT molecular complexity index is 1140. The number of hydrogen-bond donors (Lipinski definition) is 1. The van der Waals surface area contributed by atoms with Crippen LogP contribution in [0.15, 0.2) is 67.3 Å². The molecule has 2 aromatic carbocycles. The summed E-state index contributed by atoms with van der Waals surface area (Å²) in [5.74, 6) is 1.04. The first-order valence-corrected chi connectivity index (χ1v) is 12.4. The first kappa shape index (κ1) is 22.8. The first-order valence-electron chi connectivity index (χ1n) is 10.2. The summed E-state index contributed by atoms with van der Waals surface area (Å²) in [4.78, 5) is 6.76. The van der Waals surface area contributed by atoms with Crippen LogP contribution in [0.2, 0.25) is 0 Å². The van der Waals surface area contributed by atoms with Crippen molar-refractivity contribution in [2.75, 3.05) is 51.8 Å². The van der Waals surface area contributed by atoms with Crippen molar-refractivity contribution in [1.82, 2.24) is 9.88 Å². The quantitative estimate of drug-likeness (QED) is 0.479. The molecule has 0 unspecified atom stereocenters. The van der Waals surface area contributed by atoms with E-state index >= 15 is 0 Å². The van der Waals surface area contributed by atoms with Crippen molar-refractivity contribution in [1.29, 1.82) is 0 Å². The molecule has 4 rings (SSSR count). The third-order valence-electron chi connectivity index (χ3n) is 5.13. The van der Waals surface area contributed by atoms with Crippen molar-refractivity contribution < 1.29 is 22.3 Å². The van der Waals surface area contributed by atoms with Gasteiger partial charge in [-0.05, 0) is 48.5 Å². The number of sulfone groups is 1. The van der Waals surface area contributed by atoms with E-state index in [0.29, 0.717) is 31.1 Å². The molecule has 0 aliphatic carbocycles. The number of aromatic nitrogens is 1. The van der Waals surface area contributed by atoms with Crippen molar-refractivity contribution in [3.63, 3.8) is 0 Å². The van der Waals surface area contributed by atoms with Crippen LogP contribution in [0.3, 0.4) is 0 Å². The number of ether oxygens (including phenoxy) is 2. The highest BCUT2D eigenvalue weighted by atomic mass is 79.9. The van der Waals surface area contributed by atoms with Crippen LogP contribution in [-0.4, -0.2) is 64.8 Å². The Kier molecular flexibility index (Phi) is 7.14. The topological polar surface area (TPSA) is 93.9 Å². The van der Waals surface area contributed by atoms with Gasteiger partial charge in [-0.25, -0.2) is 8.42 Å². The van der Waals surface area contributed by atoms with Crippen LogP contribution in [-0.2, 0) is 14.6 Å². The zero-order chi connectivity index (χ0) is 22.6. The van der Waals surface area contributed by atoms with E-state index in [9.17, 15) is 8.42 Å². The fourth-order valence-electron chi connectivity index (χ4n) is 3.33. The van der Waals surface area contributed by atoms with Gasteiger partial charge in [0.25, 0.3) is 0 Å². The number of rotatable bonds is 8. The average molecular weight is 522 g/mol. The highest BCUT2D eigenvalue weighted by Gasteiger charge is 2.28. The first-order chi connectivity index (χ1) is 15.5. The van der Waals surface area contributed by atoms with Gasteiger partial charge in [-0.15, -0.1) is 0 Å². The van der Waals surface area contributed by atoms with Crippen LogP contribution in [0, 0.1) is 0 Å². The molecule has 0 radical (unpaired) electrons. The number of methoxy groups -OCH3 is 1. The molecule has 0 saturated carbocycles. The van der Waals surface area contributed by atoms with Gasteiger partial charge < -0.3 is 19.2 Å². The average Bonchev–Trinajstić information content (AvgIpc) is 3.25. The SMILES string of the molecule is COc1ccc(-c2nc(S(=O)(=O)c3ccc(Br)cc3)c(NCCN3CCOCC3)o2)cc1. The van der Waals surface area contributed by atoms with E-state index in [4.69, 9.17) is 13.9 Å². The number of benzene rings is 2. The van der Waals surface area contributed by atoms with Crippen LogP contribution in [0.5, 0.6) is 5.75 Å². The number of halogens is 1. The molecule has 1 aromatic heterocycles. The maximum absolute atomic E-state index is 13.4. The summed E-state index contributed by atoms with van der Waals surface area (Å²) in [5.41, 5.74) is 0.652. The summed E-state index contributed by atoms with van der Waals surface area (Å²) in [5, 5.41) is 3.00. The fraction of sp³-hybridized carbons (Fsp3) is 0.318. The summed E-state index contributed by atoms with van der Waals surface area (Å²) < 4.78 is 44.0. The van der Waals surface area contributed by atoms with E-state index < -0.39 is 9.84 Å². The lowest BCUT2D eigenvalue weighted by Gasteiger charge is -2.26. The molecule has 1 saturated heterocycles. The van der Waals surface area contributed by atoms with E-state index in [1.165, 1.54) is 0 Å². The molecule has 2 heterocycles. The van der Waals surface area contributed by atoms with Gasteiger partial charge in [0, 0.05) is 36.2 Å². The number of hydrogen-bond acceptors (Lipinski definition) is 8. The van der Waals surface area contributed by atoms with Gasteiger partial charge in [0.15, 0.2) is 0 Å². The van der Waals surface area contributed by atoms with E-state index in [2.05, 4.69) is 31.1 Å². The predicted octanol–water partition coefficient (Wildman–Crippen LogP) is 3.69. The van der Waals surface area contributed by atoms with E-state index in [1.807, 2.05) is 0 Å². The van der Waals surface area contributed by atoms with Gasteiger partial charge in [0.05, 0.1) is 25.2 Å². The number of anilines is 1. The monoisotopic (exact) mass is 521 g/mol. The molecule has 1 fully saturated rings. The molecule has 0 amide bonds. The third-order valence-corrected chi connectivity index (χ3v) is 7.34. The van der Waals surface area contributed by atoms with Crippen LogP contribution in [0.25, 0.3) is 11.5 Å². The summed E-state index contributed by atoms with van der Waals surface area (Å²) in [6.07, 6.45) is 0. The van der Waals surface area contributed by atoms with Crippen molar-refractivity contribution in [2.24, 2.45) is 0 Å². The normalized spacial score (nSPS) is 14.9. The van der Waals surface area contributed by atoms with E-state index in [0.717, 1.165) is 24.1 Å². The van der Waals surface area contributed by atoms with Crippen LogP contribution in [0.1, 0.15) is 0 Å². The number of nitrogens with one attached hydrogen (secondary N) is 1. The highest BCUT2D eigenvalue weighted by Crippen LogP contribution is 2.33. The van der Waals surface area contributed by atoms with Gasteiger partial charge in [0.2, 0.25) is 26.6 Å². The Labute approximate surface area is 195 Å². The number of oxazole rings is 1. The number of nitrogens with zero attached hydrogens (tertiary/aromatic N) is 2. The molecule has 10 heteroatoms. The lowest BCUT2D eigenvalue weighted by Crippen LogP contribution is -2.39. The van der Waals surface area contributed by atoms with Crippen molar-refractivity contribution in [3.8, 4) is 17.2 Å². The molecular weight excluding hydrogens is 498 g/mol. The Balaban J connectivity index is 1.64. The summed E-state index contributed by atoms with van der Waals surface area (Å²) in [7, 11) is -2.31. The molecule has 0 atom stereocenters. The highest BCUT2D eigenvalue weighted by molar-refractivity contribution is 9.10. The van der Waals surface area contributed by atoms with E-state index in [1.54, 1.807) is 55.6 Å². The second kappa shape index (κ2) is 10.0. The standard InChI is InChI=1S/C22H24BrN3O5S/c1-29-18-6-2-16(3-7-18)20-25-22(32(27,28)19-8-4-17(23)5-9-19)21(31-20)24-10-11-26-12-14-30-15-13-26/h2-9,24H,10-15H2,1H3. The molecular formula is C22H24BrN3O5S. The summed E-state index contributed by atoms with van der Waals surface area (Å²) in [6.45, 7) is 4.35. The maximum Gasteiger partial charge on any atom is 0.233 e. The lowest BCUT2D eigenvalue weighted by molar-refractivity contribution is 0.0398. The Morgan fingerprint density at radius 3 is 2.44 bits per heavy atom. The van der Waals surface area contributed by atoms with Crippen LogP contribution >= 0.6 is 15.9 Å². The van der Waals surface area contributed by atoms with Crippen molar-refractivity contribution in [2.45, 2.75) is 9.92 Å². The summed E-state index contributed by atoms with van der Waals surface area (Å²) in [6, 6.07) is 13.5. The second-order valence-corrected chi connectivity index (χ2v) is 10.0. The molecule has 1 aliphatic rings. The summed E-state index contributed by atoms with van der Waals surface area (Å²) >= 11 is 3.34. The van der Waals surface area contributed by atoms with Gasteiger partial charge in [-0.3, -0.25) is 4.90 Å². The zero-order valence-corrected chi connectivity index (χ0v) is 20.0. The predicted molar refractivity (Wildman–Crippen MR) is 124 cm³/mol. The second-order valence-electron chi connectivity index (χ2n) is 7.22. The lowest BCUT2D eigenvalue weighted by atomic mass is 10.2. The van der Waals surface area contributed by atoms with Gasteiger partial charge in [-0.1, -0.05) is 15.9 Å². The zero-order valence-electron chi connectivity index (χ0n) is 17.6. The molecule has 32 heavy (non-hydrogen) atoms. The Hall–Kier alpha value is -2.40. The molecule has 3 aromatic rings. The van der Waals surface area contributed by atoms with Crippen LogP contribution < -0.4 is 10.1 Å². The van der Waals surface area contributed by atoms with Crippen LogP contribution in [0.4, 0.5) is 5.88 Å². The minimum atomic E-state index is -3.89. The van der Waals surface area contributed by atoms with Gasteiger partial charge in [0.1, 0.15) is 5.75 Å². The fourth-order valence-corrected chi connectivity index (χ4v) is 4.88. The maximum atomic E-state index is 13.4. The third kappa shape index (κ3) is 5.15. The Morgan fingerprint density at radius 2 is 1.78 bits per heavy atom. The van der Waals surface area contributed by atoms with Crippen molar-refractivity contribution in [3.05, 3.63) is 53.0 Å². The molecule has 0 spiro atoms. The molecule has 1 aliphatic heterocycles.